The van der Waals surface area contributed by atoms with Gasteiger partial charge in [-0.05, 0) is 29.8 Å². The number of pyridine rings is 1. The maximum Gasteiger partial charge on any atom is 0.416 e. The number of hydrogen-bond acceptors (Lipinski definition) is 4. The Morgan fingerprint density at radius 2 is 1.83 bits per heavy atom. The second-order valence-electron chi connectivity index (χ2n) is 6.48. The number of aromatic nitrogens is 3. The number of benzene rings is 2. The number of alkyl halides is 3. The van der Waals surface area contributed by atoms with Gasteiger partial charge in [0.1, 0.15) is 5.02 Å². The Bertz CT molecular complexity index is 1280. The third-order valence-corrected chi connectivity index (χ3v) is 4.89. The van der Waals surface area contributed by atoms with Crippen molar-refractivity contribution in [1.29, 1.82) is 0 Å². The molecule has 0 bridgehead atoms. The van der Waals surface area contributed by atoms with Crippen LogP contribution < -0.4 is 10.9 Å². The van der Waals surface area contributed by atoms with Gasteiger partial charge in [-0.25, -0.2) is 0 Å². The van der Waals surface area contributed by atoms with E-state index in [0.29, 0.717) is 6.54 Å². The zero-order valence-electron chi connectivity index (χ0n) is 15.3. The standard InChI is InChI=1S/C21H14ClF3N4O/c22-18-17(27-11-14-5-1-4-13-6-3-9-26-19(13)14)12-28-29(20(18)30)16-8-2-7-15(10-16)21(23,24)25/h1-10,12,27H,11H2. The fourth-order valence-corrected chi connectivity index (χ4v) is 3.25. The molecule has 0 saturated carbocycles. The minimum atomic E-state index is -4.53. The number of hydrogen-bond donors (Lipinski definition) is 1. The predicted molar refractivity (Wildman–Crippen MR) is 109 cm³/mol. The molecule has 4 aromatic rings. The number of rotatable bonds is 4. The summed E-state index contributed by atoms with van der Waals surface area (Å²) < 4.78 is 39.7. The van der Waals surface area contributed by atoms with Crippen LogP contribution >= 0.6 is 11.6 Å². The number of para-hydroxylation sites is 1. The lowest BCUT2D eigenvalue weighted by Crippen LogP contribution is -2.23. The monoisotopic (exact) mass is 430 g/mol. The molecule has 0 fully saturated rings. The predicted octanol–water partition coefficient (Wildman–Crippen LogP) is 5.07. The Morgan fingerprint density at radius 1 is 1.07 bits per heavy atom. The molecule has 0 unspecified atom stereocenters. The molecule has 0 saturated heterocycles. The highest BCUT2D eigenvalue weighted by Gasteiger charge is 2.30. The molecule has 0 aliphatic heterocycles. The lowest BCUT2D eigenvalue weighted by Gasteiger charge is -2.12. The summed E-state index contributed by atoms with van der Waals surface area (Å²) in [6.45, 7) is 0.336. The Labute approximate surface area is 173 Å². The van der Waals surface area contributed by atoms with Gasteiger partial charge in [0.2, 0.25) is 0 Å². The minimum Gasteiger partial charge on any atom is -0.378 e. The van der Waals surface area contributed by atoms with Crippen LogP contribution in [-0.4, -0.2) is 14.8 Å². The van der Waals surface area contributed by atoms with Gasteiger partial charge < -0.3 is 5.32 Å². The summed E-state index contributed by atoms with van der Waals surface area (Å²) in [5.74, 6) is 0. The van der Waals surface area contributed by atoms with Gasteiger partial charge in [-0.15, -0.1) is 0 Å². The van der Waals surface area contributed by atoms with Gasteiger partial charge in [-0.2, -0.15) is 23.0 Å². The van der Waals surface area contributed by atoms with E-state index in [2.05, 4.69) is 15.4 Å². The van der Waals surface area contributed by atoms with Crippen molar-refractivity contribution in [2.45, 2.75) is 12.7 Å². The lowest BCUT2D eigenvalue weighted by atomic mass is 10.1. The Kier molecular flexibility index (Phi) is 5.17. The molecule has 0 atom stereocenters. The first-order valence-electron chi connectivity index (χ1n) is 8.86. The van der Waals surface area contributed by atoms with E-state index in [9.17, 15) is 18.0 Å². The summed E-state index contributed by atoms with van der Waals surface area (Å²) >= 11 is 6.19. The molecular formula is C21H14ClF3N4O. The van der Waals surface area contributed by atoms with Crippen molar-refractivity contribution in [1.82, 2.24) is 14.8 Å². The first-order valence-corrected chi connectivity index (χ1v) is 9.24. The Hall–Kier alpha value is -3.39. The third kappa shape index (κ3) is 3.86. The van der Waals surface area contributed by atoms with E-state index in [-0.39, 0.29) is 16.4 Å². The van der Waals surface area contributed by atoms with Crippen molar-refractivity contribution >= 4 is 28.2 Å². The van der Waals surface area contributed by atoms with Gasteiger partial charge in [0.05, 0.1) is 28.7 Å². The van der Waals surface area contributed by atoms with Crippen LogP contribution in [0.1, 0.15) is 11.1 Å². The molecule has 2 aromatic carbocycles. The normalized spacial score (nSPS) is 11.6. The van der Waals surface area contributed by atoms with Gasteiger partial charge >= 0.3 is 6.18 Å². The summed E-state index contributed by atoms with van der Waals surface area (Å²) in [7, 11) is 0. The Balaban J connectivity index is 1.63. The van der Waals surface area contributed by atoms with Crippen LogP contribution in [0.15, 0.2) is 71.8 Å². The number of nitrogens with zero attached hydrogens (tertiary/aromatic N) is 3. The summed E-state index contributed by atoms with van der Waals surface area (Å²) in [6.07, 6.45) is -1.53. The van der Waals surface area contributed by atoms with E-state index < -0.39 is 17.3 Å². The SMILES string of the molecule is O=c1c(Cl)c(NCc2cccc3cccnc23)cnn1-c1cccc(C(F)(F)F)c1. The molecule has 2 heterocycles. The van der Waals surface area contributed by atoms with Gasteiger partial charge in [0, 0.05) is 18.1 Å². The van der Waals surface area contributed by atoms with Crippen LogP contribution in [0.3, 0.4) is 0 Å². The zero-order valence-corrected chi connectivity index (χ0v) is 16.1. The summed E-state index contributed by atoms with van der Waals surface area (Å²) in [5, 5.41) is 7.83. The molecule has 0 aliphatic carbocycles. The summed E-state index contributed by atoms with van der Waals surface area (Å²) in [5.41, 5.74) is 0.354. The Morgan fingerprint density at radius 3 is 2.63 bits per heavy atom. The lowest BCUT2D eigenvalue weighted by molar-refractivity contribution is -0.137. The fraction of sp³-hybridized carbons (Fsp3) is 0.0952. The highest BCUT2D eigenvalue weighted by Crippen LogP contribution is 2.30. The second-order valence-corrected chi connectivity index (χ2v) is 6.86. The first-order chi connectivity index (χ1) is 14.3. The van der Waals surface area contributed by atoms with Crippen molar-refractivity contribution in [3.8, 4) is 5.69 Å². The van der Waals surface area contributed by atoms with Crippen LogP contribution in [0, 0.1) is 0 Å². The number of fused-ring (bicyclic) bond motifs is 1. The third-order valence-electron chi connectivity index (χ3n) is 4.52. The molecule has 0 spiro atoms. The average Bonchev–Trinajstić information content (AvgIpc) is 2.74. The maximum absolute atomic E-state index is 13.0. The topological polar surface area (TPSA) is 59.8 Å². The smallest absolute Gasteiger partial charge is 0.378 e. The zero-order chi connectivity index (χ0) is 21.3. The van der Waals surface area contributed by atoms with Gasteiger partial charge in [-0.3, -0.25) is 9.78 Å². The number of anilines is 1. The van der Waals surface area contributed by atoms with E-state index in [1.54, 1.807) is 6.20 Å². The second kappa shape index (κ2) is 7.79. The fourth-order valence-electron chi connectivity index (χ4n) is 3.05. The van der Waals surface area contributed by atoms with Crippen LogP contribution in [0.25, 0.3) is 16.6 Å². The minimum absolute atomic E-state index is 0.0264. The molecule has 5 nitrogen and oxygen atoms in total. The molecule has 1 N–H and O–H groups in total. The molecule has 0 amide bonds. The van der Waals surface area contributed by atoms with Crippen LogP contribution in [0.4, 0.5) is 18.9 Å². The molecule has 30 heavy (non-hydrogen) atoms. The molecular weight excluding hydrogens is 417 g/mol. The number of halogens is 4. The van der Waals surface area contributed by atoms with Crippen LogP contribution in [0.2, 0.25) is 5.02 Å². The highest BCUT2D eigenvalue weighted by molar-refractivity contribution is 6.32. The molecule has 9 heteroatoms. The van der Waals surface area contributed by atoms with E-state index in [4.69, 9.17) is 11.6 Å². The largest absolute Gasteiger partial charge is 0.416 e. The first kappa shape index (κ1) is 19.9. The maximum atomic E-state index is 13.0. The molecule has 0 aliphatic rings. The molecule has 2 aromatic heterocycles. The van der Waals surface area contributed by atoms with Crippen molar-refractivity contribution in [2.24, 2.45) is 0 Å². The van der Waals surface area contributed by atoms with Crippen molar-refractivity contribution in [3.63, 3.8) is 0 Å². The van der Waals surface area contributed by atoms with Crippen LogP contribution in [0.5, 0.6) is 0 Å². The van der Waals surface area contributed by atoms with E-state index in [0.717, 1.165) is 33.3 Å². The quantitative estimate of drug-likeness (QED) is 0.491. The van der Waals surface area contributed by atoms with Crippen LogP contribution in [-0.2, 0) is 12.7 Å². The van der Waals surface area contributed by atoms with Crippen molar-refractivity contribution in [2.75, 3.05) is 5.32 Å². The van der Waals surface area contributed by atoms with Crippen molar-refractivity contribution in [3.05, 3.63) is 93.5 Å². The number of nitrogens with one attached hydrogen (secondary N) is 1. The van der Waals surface area contributed by atoms with E-state index in [1.807, 2.05) is 30.3 Å². The van der Waals surface area contributed by atoms with Crippen molar-refractivity contribution < 1.29 is 13.2 Å². The van der Waals surface area contributed by atoms with E-state index >= 15 is 0 Å². The summed E-state index contributed by atoms with van der Waals surface area (Å²) in [6, 6.07) is 13.8. The van der Waals surface area contributed by atoms with E-state index in [1.165, 1.54) is 18.3 Å². The molecule has 152 valence electrons. The van der Waals surface area contributed by atoms with Gasteiger partial charge in [0.25, 0.3) is 5.56 Å². The molecule has 4 rings (SSSR count). The molecule has 0 radical (unpaired) electrons. The highest BCUT2D eigenvalue weighted by atomic mass is 35.5. The van der Waals surface area contributed by atoms with Gasteiger partial charge in [0.15, 0.2) is 0 Å². The average molecular weight is 431 g/mol. The van der Waals surface area contributed by atoms with Gasteiger partial charge in [-0.1, -0.05) is 41.9 Å². The summed E-state index contributed by atoms with van der Waals surface area (Å²) in [4.78, 5) is 17.0.